The summed E-state index contributed by atoms with van der Waals surface area (Å²) >= 11 is 0. The molecule has 0 spiro atoms. The van der Waals surface area contributed by atoms with E-state index < -0.39 is 6.04 Å². The van der Waals surface area contributed by atoms with E-state index in [2.05, 4.69) is 10.2 Å². The van der Waals surface area contributed by atoms with E-state index in [1.54, 1.807) is 28.4 Å². The number of rotatable bonds is 9. The number of hydrogen-bond acceptors (Lipinski definition) is 7. The summed E-state index contributed by atoms with van der Waals surface area (Å²) < 4.78 is 22.1. The zero-order valence-corrected chi connectivity index (χ0v) is 23.5. The van der Waals surface area contributed by atoms with Crippen LogP contribution >= 0.6 is 0 Å². The summed E-state index contributed by atoms with van der Waals surface area (Å²) in [5.74, 6) is 2.15. The number of aromatic hydroxyl groups is 1. The summed E-state index contributed by atoms with van der Waals surface area (Å²) in [6, 6.07) is 14.8. The Kier molecular flexibility index (Phi) is 7.30. The third-order valence-corrected chi connectivity index (χ3v) is 7.37. The summed E-state index contributed by atoms with van der Waals surface area (Å²) in [4.78, 5) is 15.7. The van der Waals surface area contributed by atoms with Crippen molar-refractivity contribution in [2.45, 2.75) is 26.3 Å². The number of amides is 1. The highest BCUT2D eigenvalue weighted by Crippen LogP contribution is 2.48. The predicted molar refractivity (Wildman–Crippen MR) is 151 cm³/mol. The number of phenols is 1. The van der Waals surface area contributed by atoms with Gasteiger partial charge in [-0.25, -0.2) is 0 Å². The van der Waals surface area contributed by atoms with E-state index in [1.165, 1.54) is 0 Å². The highest BCUT2D eigenvalue weighted by molar-refractivity contribution is 6.00. The second kappa shape index (κ2) is 10.8. The van der Waals surface area contributed by atoms with Gasteiger partial charge >= 0.3 is 0 Å². The highest BCUT2D eigenvalue weighted by Gasteiger charge is 2.43. The van der Waals surface area contributed by atoms with Crippen LogP contribution in [0.3, 0.4) is 0 Å². The molecule has 0 fully saturated rings. The lowest BCUT2D eigenvalue weighted by atomic mass is 9.93. The number of methoxy groups -OCH3 is 4. The summed E-state index contributed by atoms with van der Waals surface area (Å²) in [5, 5.41) is 18.5. The molecule has 4 aromatic rings. The summed E-state index contributed by atoms with van der Waals surface area (Å²) in [5.41, 5.74) is 5.72. The van der Waals surface area contributed by atoms with Crippen LogP contribution < -0.4 is 18.9 Å². The number of benzene rings is 3. The van der Waals surface area contributed by atoms with Crippen molar-refractivity contribution in [2.75, 3.05) is 35.0 Å². The van der Waals surface area contributed by atoms with Gasteiger partial charge < -0.3 is 29.0 Å². The van der Waals surface area contributed by atoms with Gasteiger partial charge in [0.05, 0.1) is 34.5 Å². The van der Waals surface area contributed by atoms with Gasteiger partial charge in [0.1, 0.15) is 22.9 Å². The molecule has 1 atom stereocenters. The summed E-state index contributed by atoms with van der Waals surface area (Å²) in [6.07, 6.45) is 0.624. The zero-order chi connectivity index (χ0) is 28.6. The lowest BCUT2D eigenvalue weighted by Crippen LogP contribution is -2.31. The van der Waals surface area contributed by atoms with Crippen molar-refractivity contribution < 1.29 is 28.8 Å². The monoisotopic (exact) mass is 543 g/mol. The normalized spacial score (nSPS) is 14.3. The highest BCUT2D eigenvalue weighted by atomic mass is 16.5. The molecule has 2 N–H and O–H groups in total. The van der Waals surface area contributed by atoms with Gasteiger partial charge in [0.15, 0.2) is 11.5 Å². The van der Waals surface area contributed by atoms with E-state index >= 15 is 0 Å². The Bertz CT molecular complexity index is 1540. The fourth-order valence-corrected chi connectivity index (χ4v) is 5.42. The molecule has 40 heavy (non-hydrogen) atoms. The van der Waals surface area contributed by atoms with E-state index in [9.17, 15) is 9.90 Å². The number of aryl methyl sites for hydroxylation is 2. The molecule has 0 saturated heterocycles. The van der Waals surface area contributed by atoms with Crippen molar-refractivity contribution in [2.24, 2.45) is 0 Å². The molecule has 208 valence electrons. The number of aromatic amines is 1. The molecule has 0 aliphatic carbocycles. The molecule has 9 nitrogen and oxygen atoms in total. The minimum absolute atomic E-state index is 0.132. The van der Waals surface area contributed by atoms with Gasteiger partial charge in [-0.2, -0.15) is 5.10 Å². The molecule has 1 aliphatic rings. The van der Waals surface area contributed by atoms with Crippen LogP contribution in [0.5, 0.6) is 28.7 Å². The number of nitrogens with zero attached hydrogens (tertiary/aromatic N) is 2. The second-order valence-corrected chi connectivity index (χ2v) is 9.80. The van der Waals surface area contributed by atoms with Crippen LogP contribution in [0.25, 0.3) is 11.3 Å². The van der Waals surface area contributed by atoms with Crippen molar-refractivity contribution in [3.63, 3.8) is 0 Å². The number of ether oxygens (including phenoxy) is 4. The first-order chi connectivity index (χ1) is 19.3. The molecular formula is C31H33N3O6. The maximum absolute atomic E-state index is 13.9. The van der Waals surface area contributed by atoms with E-state index in [0.717, 1.165) is 28.0 Å². The first-order valence-corrected chi connectivity index (χ1v) is 12.9. The van der Waals surface area contributed by atoms with E-state index in [4.69, 9.17) is 18.9 Å². The van der Waals surface area contributed by atoms with E-state index in [1.807, 2.05) is 67.3 Å². The van der Waals surface area contributed by atoms with Gasteiger partial charge in [-0.3, -0.25) is 9.89 Å². The Labute approximate surface area is 233 Å². The number of nitrogens with one attached hydrogen (secondary N) is 1. The first kappa shape index (κ1) is 26.9. The largest absolute Gasteiger partial charge is 0.507 e. The second-order valence-electron chi connectivity index (χ2n) is 9.80. The number of aromatic nitrogens is 2. The minimum atomic E-state index is -0.525. The van der Waals surface area contributed by atoms with Crippen molar-refractivity contribution in [1.29, 1.82) is 0 Å². The first-order valence-electron chi connectivity index (χ1n) is 12.9. The number of hydrogen-bond donors (Lipinski definition) is 2. The smallest absolute Gasteiger partial charge is 0.273 e. The van der Waals surface area contributed by atoms with Gasteiger partial charge in [-0.1, -0.05) is 18.2 Å². The van der Waals surface area contributed by atoms with E-state index in [-0.39, 0.29) is 11.7 Å². The molecular weight excluding hydrogens is 510 g/mol. The average Bonchev–Trinajstić information content (AvgIpc) is 3.51. The van der Waals surface area contributed by atoms with Crippen LogP contribution in [0.1, 0.15) is 44.3 Å². The molecule has 1 amide bonds. The van der Waals surface area contributed by atoms with E-state index in [0.29, 0.717) is 52.7 Å². The topological polar surface area (TPSA) is 106 Å². The maximum atomic E-state index is 13.9. The molecule has 2 heterocycles. The molecule has 5 rings (SSSR count). The number of carbonyl (C=O) groups is 1. The fourth-order valence-electron chi connectivity index (χ4n) is 5.42. The molecule has 3 aromatic carbocycles. The fraction of sp³-hybridized carbons (Fsp3) is 0.290. The maximum Gasteiger partial charge on any atom is 0.273 e. The third-order valence-electron chi connectivity index (χ3n) is 7.37. The van der Waals surface area contributed by atoms with Gasteiger partial charge in [-0.15, -0.1) is 0 Å². The Morgan fingerprint density at radius 3 is 2.20 bits per heavy atom. The molecule has 1 unspecified atom stereocenters. The van der Waals surface area contributed by atoms with Crippen molar-refractivity contribution in [3.8, 4) is 40.0 Å². The standard InChI is InChI=1S/C31H33N3O6/c1-17-13-18(2)29(35)22(14-17)26-25-27(33-32-26)31(36)34(12-11-19-7-9-21(37-3)10-8-19)28(25)20-15-23(38-4)30(40-6)24(16-20)39-5/h7-10,13-16,28,35H,11-12H2,1-6H3,(H,32,33). The Balaban J connectivity index is 1.66. The van der Waals surface area contributed by atoms with Gasteiger partial charge in [0.25, 0.3) is 5.91 Å². The average molecular weight is 544 g/mol. The number of H-pyrrole nitrogens is 1. The third kappa shape index (κ3) is 4.57. The van der Waals surface area contributed by atoms with Crippen molar-refractivity contribution >= 4 is 5.91 Å². The lowest BCUT2D eigenvalue weighted by Gasteiger charge is -2.27. The molecule has 9 heteroatoms. The van der Waals surface area contributed by atoms with Gasteiger partial charge in [0, 0.05) is 17.7 Å². The predicted octanol–water partition coefficient (Wildman–Crippen LogP) is 5.22. The van der Waals surface area contributed by atoms with Crippen molar-refractivity contribution in [1.82, 2.24) is 15.1 Å². The number of carbonyl (C=O) groups excluding carboxylic acids is 1. The summed E-state index contributed by atoms with van der Waals surface area (Å²) in [6.45, 7) is 4.25. The van der Waals surface area contributed by atoms with Crippen LogP contribution in [-0.2, 0) is 6.42 Å². The molecule has 0 saturated carbocycles. The molecule has 0 bridgehead atoms. The number of fused-ring (bicyclic) bond motifs is 1. The number of phenolic OH excluding ortho intramolecular Hbond substituents is 1. The lowest BCUT2D eigenvalue weighted by molar-refractivity contribution is 0.0745. The van der Waals surface area contributed by atoms with Gasteiger partial charge in [0.2, 0.25) is 5.75 Å². The quantitative estimate of drug-likeness (QED) is 0.298. The molecule has 1 aliphatic heterocycles. The van der Waals surface area contributed by atoms with Crippen LogP contribution in [0.15, 0.2) is 48.5 Å². The Hall–Kier alpha value is -4.66. The zero-order valence-electron chi connectivity index (χ0n) is 23.5. The van der Waals surface area contributed by atoms with Crippen LogP contribution in [0, 0.1) is 13.8 Å². The van der Waals surface area contributed by atoms with Gasteiger partial charge in [-0.05, 0) is 72.9 Å². The van der Waals surface area contributed by atoms with Crippen LogP contribution in [-0.4, -0.2) is 61.1 Å². The Morgan fingerprint density at radius 2 is 1.60 bits per heavy atom. The molecule has 1 aromatic heterocycles. The molecule has 0 radical (unpaired) electrons. The Morgan fingerprint density at radius 1 is 0.925 bits per heavy atom. The summed E-state index contributed by atoms with van der Waals surface area (Å²) in [7, 11) is 6.30. The van der Waals surface area contributed by atoms with Crippen LogP contribution in [0.4, 0.5) is 0 Å². The van der Waals surface area contributed by atoms with Crippen LogP contribution in [0.2, 0.25) is 0 Å². The SMILES string of the molecule is COc1ccc(CCN2C(=O)c3[nH]nc(-c4cc(C)cc(C)c4O)c3C2c2cc(OC)c(OC)c(OC)c2)cc1. The minimum Gasteiger partial charge on any atom is -0.507 e. The van der Waals surface area contributed by atoms with Crippen molar-refractivity contribution in [3.05, 3.63) is 82.0 Å².